The van der Waals surface area contributed by atoms with Crippen LogP contribution >= 0.6 is 0 Å². The highest BCUT2D eigenvalue weighted by atomic mass is 16.6. The van der Waals surface area contributed by atoms with Crippen LogP contribution in [0.15, 0.2) is 18.2 Å². The average Bonchev–Trinajstić information content (AvgIpc) is 2.43. The van der Waals surface area contributed by atoms with E-state index in [4.69, 9.17) is 4.74 Å². The molecule has 20 heavy (non-hydrogen) atoms. The SMILES string of the molecule is CCC(C)(O)CNC(=O)c1ccc([N+](=O)[O-])c(OC)c1. The second-order valence-electron chi connectivity index (χ2n) is 4.68. The minimum Gasteiger partial charge on any atom is -0.490 e. The highest BCUT2D eigenvalue weighted by molar-refractivity contribution is 5.95. The van der Waals surface area contributed by atoms with E-state index in [2.05, 4.69) is 5.32 Å². The molecule has 7 heteroatoms. The van der Waals surface area contributed by atoms with E-state index in [1.54, 1.807) is 13.8 Å². The molecule has 1 amide bonds. The number of nitrogens with zero attached hydrogens (tertiary/aromatic N) is 1. The summed E-state index contributed by atoms with van der Waals surface area (Å²) in [5.74, 6) is -0.406. The van der Waals surface area contributed by atoms with E-state index in [9.17, 15) is 20.0 Å². The van der Waals surface area contributed by atoms with Crippen LogP contribution < -0.4 is 10.1 Å². The smallest absolute Gasteiger partial charge is 0.310 e. The van der Waals surface area contributed by atoms with E-state index in [1.807, 2.05) is 0 Å². The molecule has 1 aromatic rings. The van der Waals surface area contributed by atoms with E-state index in [0.29, 0.717) is 6.42 Å². The standard InChI is InChI=1S/C13H18N2O5/c1-4-13(2,17)8-14-12(16)9-5-6-10(15(18)19)11(7-9)20-3/h5-7,17H,4,8H2,1-3H3,(H,14,16). The number of hydrogen-bond acceptors (Lipinski definition) is 5. The largest absolute Gasteiger partial charge is 0.490 e. The van der Waals surface area contributed by atoms with Gasteiger partial charge in [0, 0.05) is 24.2 Å². The van der Waals surface area contributed by atoms with Crippen LogP contribution in [0.2, 0.25) is 0 Å². The first-order chi connectivity index (χ1) is 9.30. The summed E-state index contributed by atoms with van der Waals surface area (Å²) in [6.07, 6.45) is 0.497. The Labute approximate surface area is 116 Å². The number of hydrogen-bond donors (Lipinski definition) is 2. The van der Waals surface area contributed by atoms with Crippen LogP contribution in [0.25, 0.3) is 0 Å². The summed E-state index contributed by atoms with van der Waals surface area (Å²) in [4.78, 5) is 22.1. The number of carbonyl (C=O) groups is 1. The van der Waals surface area contributed by atoms with Gasteiger partial charge in [0.25, 0.3) is 5.91 Å². The maximum Gasteiger partial charge on any atom is 0.310 e. The molecule has 0 fully saturated rings. The quantitative estimate of drug-likeness (QED) is 0.608. The molecule has 1 aromatic carbocycles. The predicted molar refractivity (Wildman–Crippen MR) is 72.9 cm³/mol. The van der Waals surface area contributed by atoms with Crippen molar-refractivity contribution in [2.45, 2.75) is 25.9 Å². The molecule has 1 unspecified atom stereocenters. The number of aliphatic hydroxyl groups is 1. The zero-order valence-electron chi connectivity index (χ0n) is 11.7. The van der Waals surface area contributed by atoms with Crippen molar-refractivity contribution in [1.82, 2.24) is 5.32 Å². The Bertz CT molecular complexity index is 513. The van der Waals surface area contributed by atoms with Crippen molar-refractivity contribution in [3.05, 3.63) is 33.9 Å². The van der Waals surface area contributed by atoms with Crippen LogP contribution in [0.1, 0.15) is 30.6 Å². The minimum atomic E-state index is -0.986. The number of rotatable bonds is 6. The first-order valence-corrected chi connectivity index (χ1v) is 6.13. The fraction of sp³-hybridized carbons (Fsp3) is 0.462. The molecular formula is C13H18N2O5. The molecule has 0 aliphatic heterocycles. The zero-order chi connectivity index (χ0) is 15.3. The molecule has 0 aromatic heterocycles. The lowest BCUT2D eigenvalue weighted by Gasteiger charge is -2.21. The van der Waals surface area contributed by atoms with Gasteiger partial charge in [0.2, 0.25) is 0 Å². The van der Waals surface area contributed by atoms with Crippen molar-refractivity contribution < 1.29 is 19.6 Å². The van der Waals surface area contributed by atoms with E-state index in [-0.39, 0.29) is 23.5 Å². The van der Waals surface area contributed by atoms with Gasteiger partial charge in [-0.3, -0.25) is 14.9 Å². The third-order valence-corrected chi connectivity index (χ3v) is 3.03. The van der Waals surface area contributed by atoms with E-state index in [0.717, 1.165) is 0 Å². The van der Waals surface area contributed by atoms with Crippen LogP contribution in [-0.2, 0) is 0 Å². The molecular weight excluding hydrogens is 264 g/mol. The molecule has 1 atom stereocenters. The third kappa shape index (κ3) is 3.92. The van der Waals surface area contributed by atoms with E-state index < -0.39 is 16.4 Å². The first-order valence-electron chi connectivity index (χ1n) is 6.13. The lowest BCUT2D eigenvalue weighted by atomic mass is 10.0. The monoisotopic (exact) mass is 282 g/mol. The number of amides is 1. The van der Waals surface area contributed by atoms with Gasteiger partial charge in [-0.15, -0.1) is 0 Å². The van der Waals surface area contributed by atoms with Crippen molar-refractivity contribution >= 4 is 11.6 Å². The average molecular weight is 282 g/mol. The highest BCUT2D eigenvalue weighted by Gasteiger charge is 2.21. The molecule has 0 spiro atoms. The van der Waals surface area contributed by atoms with E-state index in [1.165, 1.54) is 25.3 Å². The summed E-state index contributed by atoms with van der Waals surface area (Å²) in [5.41, 5.74) is -0.954. The predicted octanol–water partition coefficient (Wildman–Crippen LogP) is 1.49. The Kier molecular flexibility index (Phi) is 5.04. The van der Waals surface area contributed by atoms with Gasteiger partial charge in [-0.2, -0.15) is 0 Å². The first kappa shape index (κ1) is 15.9. The molecule has 1 rings (SSSR count). The molecule has 7 nitrogen and oxygen atoms in total. The van der Waals surface area contributed by atoms with Crippen LogP contribution in [0, 0.1) is 10.1 Å². The second kappa shape index (κ2) is 6.33. The van der Waals surface area contributed by atoms with Crippen LogP contribution in [0.4, 0.5) is 5.69 Å². The Morgan fingerprint density at radius 1 is 1.55 bits per heavy atom. The number of ether oxygens (including phenoxy) is 1. The second-order valence-corrected chi connectivity index (χ2v) is 4.68. The highest BCUT2D eigenvalue weighted by Crippen LogP contribution is 2.27. The Morgan fingerprint density at radius 3 is 2.70 bits per heavy atom. The molecule has 0 bridgehead atoms. The lowest BCUT2D eigenvalue weighted by molar-refractivity contribution is -0.385. The molecule has 0 saturated heterocycles. The summed E-state index contributed by atoms with van der Waals surface area (Å²) in [6.45, 7) is 3.52. The zero-order valence-corrected chi connectivity index (χ0v) is 11.7. The Morgan fingerprint density at radius 2 is 2.20 bits per heavy atom. The number of benzene rings is 1. The molecule has 2 N–H and O–H groups in total. The normalized spacial score (nSPS) is 13.4. The number of methoxy groups -OCH3 is 1. The van der Waals surface area contributed by atoms with Crippen molar-refractivity contribution in [1.29, 1.82) is 0 Å². The van der Waals surface area contributed by atoms with Gasteiger partial charge in [-0.05, 0) is 19.4 Å². The van der Waals surface area contributed by atoms with Crippen LogP contribution in [0.3, 0.4) is 0 Å². The minimum absolute atomic E-state index is 0.0184. The number of nitro groups is 1. The molecule has 0 heterocycles. The number of carbonyl (C=O) groups excluding carboxylic acids is 1. The topological polar surface area (TPSA) is 102 Å². The Balaban J connectivity index is 2.87. The van der Waals surface area contributed by atoms with Gasteiger partial charge in [-0.25, -0.2) is 0 Å². The summed E-state index contributed by atoms with van der Waals surface area (Å²) in [7, 11) is 1.30. The summed E-state index contributed by atoms with van der Waals surface area (Å²) in [5, 5.41) is 23.1. The van der Waals surface area contributed by atoms with Crippen LogP contribution in [0.5, 0.6) is 5.75 Å². The van der Waals surface area contributed by atoms with Crippen LogP contribution in [-0.4, -0.2) is 35.2 Å². The third-order valence-electron chi connectivity index (χ3n) is 3.03. The van der Waals surface area contributed by atoms with Crippen molar-refractivity contribution in [2.75, 3.05) is 13.7 Å². The van der Waals surface area contributed by atoms with Crippen molar-refractivity contribution in [3.8, 4) is 5.75 Å². The molecule has 0 saturated carbocycles. The van der Waals surface area contributed by atoms with Gasteiger partial charge in [0.1, 0.15) is 0 Å². The fourth-order valence-corrected chi connectivity index (χ4v) is 1.47. The van der Waals surface area contributed by atoms with Gasteiger partial charge < -0.3 is 15.2 Å². The van der Waals surface area contributed by atoms with Gasteiger partial charge in [0.05, 0.1) is 17.6 Å². The van der Waals surface area contributed by atoms with Gasteiger partial charge in [0.15, 0.2) is 5.75 Å². The van der Waals surface area contributed by atoms with Gasteiger partial charge in [-0.1, -0.05) is 6.92 Å². The maximum atomic E-state index is 11.9. The number of nitro benzene ring substituents is 1. The molecule has 110 valence electrons. The van der Waals surface area contributed by atoms with Crippen molar-refractivity contribution in [2.24, 2.45) is 0 Å². The summed E-state index contributed by atoms with van der Waals surface area (Å²) >= 11 is 0. The van der Waals surface area contributed by atoms with E-state index >= 15 is 0 Å². The summed E-state index contributed by atoms with van der Waals surface area (Å²) in [6, 6.07) is 3.86. The van der Waals surface area contributed by atoms with Gasteiger partial charge >= 0.3 is 5.69 Å². The molecule has 0 radical (unpaired) electrons. The molecule has 0 aliphatic rings. The maximum absolute atomic E-state index is 11.9. The molecule has 0 aliphatic carbocycles. The lowest BCUT2D eigenvalue weighted by Crippen LogP contribution is -2.40. The fourth-order valence-electron chi connectivity index (χ4n) is 1.47. The van der Waals surface area contributed by atoms with Crippen molar-refractivity contribution in [3.63, 3.8) is 0 Å². The number of nitrogens with one attached hydrogen (secondary N) is 1. The Hall–Kier alpha value is -2.15. The summed E-state index contributed by atoms with van der Waals surface area (Å²) < 4.78 is 4.89.